The second-order valence-corrected chi connectivity index (χ2v) is 6.42. The van der Waals surface area contributed by atoms with Crippen molar-refractivity contribution in [3.05, 3.63) is 34.9 Å². The summed E-state index contributed by atoms with van der Waals surface area (Å²) in [6.07, 6.45) is 0. The number of nitrogens with one attached hydrogen (secondary N) is 1. The average Bonchev–Trinajstić information content (AvgIpc) is 2.50. The Kier molecular flexibility index (Phi) is 5.77. The normalized spacial score (nSPS) is 17.0. The molecule has 1 aromatic rings. The van der Waals surface area contributed by atoms with Crippen LogP contribution in [0, 0.1) is 13.8 Å². The Morgan fingerprint density at radius 1 is 1.13 bits per heavy atom. The lowest BCUT2D eigenvalue weighted by Crippen LogP contribution is -2.50. The zero-order chi connectivity index (χ0) is 17.0. The highest BCUT2D eigenvalue weighted by atomic mass is 16.2. The zero-order valence-electron chi connectivity index (χ0n) is 14.6. The summed E-state index contributed by atoms with van der Waals surface area (Å²) in [5.41, 5.74) is 3.63. The first-order chi connectivity index (χ1) is 10.9. The van der Waals surface area contributed by atoms with E-state index in [9.17, 15) is 9.59 Å². The van der Waals surface area contributed by atoms with Gasteiger partial charge in [0.15, 0.2) is 0 Å². The molecule has 1 aliphatic heterocycles. The molecule has 2 amide bonds. The van der Waals surface area contributed by atoms with E-state index in [-0.39, 0.29) is 17.9 Å². The van der Waals surface area contributed by atoms with E-state index in [1.165, 1.54) is 11.1 Å². The quantitative estimate of drug-likeness (QED) is 0.918. The van der Waals surface area contributed by atoms with Gasteiger partial charge in [0, 0.05) is 33.1 Å². The molecule has 1 aromatic carbocycles. The molecule has 1 heterocycles. The van der Waals surface area contributed by atoms with E-state index in [4.69, 9.17) is 0 Å². The number of rotatable bonds is 4. The third-order valence-corrected chi connectivity index (χ3v) is 4.59. The summed E-state index contributed by atoms with van der Waals surface area (Å²) in [6.45, 7) is 11.1. The van der Waals surface area contributed by atoms with Crippen molar-refractivity contribution < 1.29 is 9.59 Å². The number of carbonyl (C=O) groups excluding carboxylic acids is 2. The second-order valence-electron chi connectivity index (χ2n) is 6.42. The van der Waals surface area contributed by atoms with Crippen molar-refractivity contribution in [2.24, 2.45) is 0 Å². The molecule has 1 saturated heterocycles. The van der Waals surface area contributed by atoms with Crippen molar-refractivity contribution in [3.8, 4) is 0 Å². The number of carbonyl (C=O) groups is 2. The third kappa shape index (κ3) is 4.79. The summed E-state index contributed by atoms with van der Waals surface area (Å²) in [6, 6.07) is 6.29. The molecule has 1 aliphatic rings. The number of nitrogens with zero attached hydrogens (tertiary/aromatic N) is 2. The van der Waals surface area contributed by atoms with Crippen molar-refractivity contribution >= 4 is 11.8 Å². The minimum absolute atomic E-state index is 0.000286. The van der Waals surface area contributed by atoms with Crippen LogP contribution in [0.3, 0.4) is 0 Å². The molecule has 5 heteroatoms. The zero-order valence-corrected chi connectivity index (χ0v) is 14.6. The molecule has 0 unspecified atom stereocenters. The van der Waals surface area contributed by atoms with Crippen LogP contribution in [0.5, 0.6) is 0 Å². The lowest BCUT2D eigenvalue weighted by Gasteiger charge is -2.33. The fraction of sp³-hybridized carbons (Fsp3) is 0.556. The predicted molar refractivity (Wildman–Crippen MR) is 91.2 cm³/mol. The molecule has 2 rings (SSSR count). The Balaban J connectivity index is 1.82. The van der Waals surface area contributed by atoms with Gasteiger partial charge in [-0.3, -0.25) is 14.5 Å². The molecule has 126 valence electrons. The van der Waals surface area contributed by atoms with E-state index in [0.29, 0.717) is 19.6 Å². The van der Waals surface area contributed by atoms with Gasteiger partial charge in [-0.25, -0.2) is 0 Å². The lowest BCUT2D eigenvalue weighted by atomic mass is 10.0. The van der Waals surface area contributed by atoms with Crippen molar-refractivity contribution in [3.63, 3.8) is 0 Å². The van der Waals surface area contributed by atoms with Gasteiger partial charge in [-0.1, -0.05) is 18.2 Å². The molecule has 0 aliphatic carbocycles. The van der Waals surface area contributed by atoms with Crippen LogP contribution in [0.4, 0.5) is 0 Å². The Morgan fingerprint density at radius 2 is 1.78 bits per heavy atom. The van der Waals surface area contributed by atoms with E-state index in [1.54, 1.807) is 6.92 Å². The third-order valence-electron chi connectivity index (χ3n) is 4.59. The maximum Gasteiger partial charge on any atom is 0.234 e. The van der Waals surface area contributed by atoms with Gasteiger partial charge in [0.1, 0.15) is 0 Å². The average molecular weight is 317 g/mol. The number of hydrogen-bond acceptors (Lipinski definition) is 3. The molecule has 1 atom stereocenters. The molecule has 5 nitrogen and oxygen atoms in total. The monoisotopic (exact) mass is 317 g/mol. The van der Waals surface area contributed by atoms with E-state index < -0.39 is 0 Å². The van der Waals surface area contributed by atoms with Crippen molar-refractivity contribution in [1.29, 1.82) is 0 Å². The lowest BCUT2D eigenvalue weighted by molar-refractivity contribution is -0.131. The number of piperazine rings is 1. The first-order valence-corrected chi connectivity index (χ1v) is 8.21. The first kappa shape index (κ1) is 17.5. The molecule has 23 heavy (non-hydrogen) atoms. The van der Waals surface area contributed by atoms with Crippen molar-refractivity contribution in [2.45, 2.75) is 33.7 Å². The Morgan fingerprint density at radius 3 is 2.35 bits per heavy atom. The van der Waals surface area contributed by atoms with Gasteiger partial charge in [0.2, 0.25) is 11.8 Å². The molecular weight excluding hydrogens is 290 g/mol. The van der Waals surface area contributed by atoms with Crippen LogP contribution in [0.2, 0.25) is 0 Å². The fourth-order valence-electron chi connectivity index (χ4n) is 2.83. The van der Waals surface area contributed by atoms with Crippen LogP contribution < -0.4 is 5.32 Å². The van der Waals surface area contributed by atoms with Gasteiger partial charge < -0.3 is 10.2 Å². The smallest absolute Gasteiger partial charge is 0.234 e. The predicted octanol–water partition coefficient (Wildman–Crippen LogP) is 1.64. The minimum atomic E-state index is 0.000286. The highest BCUT2D eigenvalue weighted by molar-refractivity contribution is 5.78. The van der Waals surface area contributed by atoms with Crippen LogP contribution >= 0.6 is 0 Å². The van der Waals surface area contributed by atoms with E-state index >= 15 is 0 Å². The molecule has 1 N–H and O–H groups in total. The van der Waals surface area contributed by atoms with Gasteiger partial charge in [-0.2, -0.15) is 0 Å². The van der Waals surface area contributed by atoms with E-state index in [1.807, 2.05) is 11.8 Å². The molecule has 0 spiro atoms. The molecule has 0 bridgehead atoms. The van der Waals surface area contributed by atoms with E-state index in [2.05, 4.69) is 42.3 Å². The molecule has 1 fully saturated rings. The van der Waals surface area contributed by atoms with Gasteiger partial charge >= 0.3 is 0 Å². The number of amides is 2. The molecule has 0 aromatic heterocycles. The van der Waals surface area contributed by atoms with Crippen molar-refractivity contribution in [1.82, 2.24) is 15.1 Å². The van der Waals surface area contributed by atoms with Gasteiger partial charge in [0.05, 0.1) is 12.6 Å². The molecule has 0 saturated carbocycles. The molecule has 0 radical (unpaired) electrons. The van der Waals surface area contributed by atoms with Crippen LogP contribution in [0.15, 0.2) is 18.2 Å². The van der Waals surface area contributed by atoms with Gasteiger partial charge in [-0.05, 0) is 37.5 Å². The Bertz CT molecular complexity index is 578. The molecular formula is C18H27N3O2. The summed E-state index contributed by atoms with van der Waals surface area (Å²) in [4.78, 5) is 27.5. The first-order valence-electron chi connectivity index (χ1n) is 8.21. The highest BCUT2D eigenvalue weighted by Gasteiger charge is 2.21. The standard InChI is InChI=1S/C18H27N3O2/c1-13-5-6-17(11-14(13)2)15(3)19-18(23)12-20-7-9-21(10-8-20)16(4)22/h5-6,11,15H,7-10,12H2,1-4H3,(H,19,23)/t15-/m0/s1. The number of benzene rings is 1. The highest BCUT2D eigenvalue weighted by Crippen LogP contribution is 2.16. The maximum atomic E-state index is 12.2. The Hall–Kier alpha value is -1.88. The SMILES string of the molecule is CC(=O)N1CCN(CC(=O)N[C@@H](C)c2ccc(C)c(C)c2)CC1. The van der Waals surface area contributed by atoms with Crippen LogP contribution in [0.1, 0.15) is 36.6 Å². The number of hydrogen-bond donors (Lipinski definition) is 1. The van der Waals surface area contributed by atoms with Crippen LogP contribution in [-0.4, -0.2) is 54.3 Å². The van der Waals surface area contributed by atoms with Gasteiger partial charge in [-0.15, -0.1) is 0 Å². The van der Waals surface area contributed by atoms with Crippen LogP contribution in [0.25, 0.3) is 0 Å². The maximum absolute atomic E-state index is 12.2. The van der Waals surface area contributed by atoms with Crippen molar-refractivity contribution in [2.75, 3.05) is 32.7 Å². The summed E-state index contributed by atoms with van der Waals surface area (Å²) in [5.74, 6) is 0.143. The largest absolute Gasteiger partial charge is 0.348 e. The summed E-state index contributed by atoms with van der Waals surface area (Å²) in [7, 11) is 0. The number of aryl methyl sites for hydroxylation is 2. The Labute approximate surface area is 138 Å². The van der Waals surface area contributed by atoms with Crippen LogP contribution in [-0.2, 0) is 9.59 Å². The second kappa shape index (κ2) is 7.59. The van der Waals surface area contributed by atoms with E-state index in [0.717, 1.165) is 18.7 Å². The van der Waals surface area contributed by atoms with Gasteiger partial charge in [0.25, 0.3) is 0 Å². The summed E-state index contributed by atoms with van der Waals surface area (Å²) >= 11 is 0. The summed E-state index contributed by atoms with van der Waals surface area (Å²) < 4.78 is 0. The fourth-order valence-corrected chi connectivity index (χ4v) is 2.83. The summed E-state index contributed by atoms with van der Waals surface area (Å²) in [5, 5.41) is 3.06. The minimum Gasteiger partial charge on any atom is -0.348 e. The topological polar surface area (TPSA) is 52.7 Å².